The molecule has 0 fully saturated rings. The number of rotatable bonds is 7. The van der Waals surface area contributed by atoms with E-state index in [2.05, 4.69) is 15.6 Å². The molecule has 2 aromatic carbocycles. The van der Waals surface area contributed by atoms with Crippen molar-refractivity contribution in [3.63, 3.8) is 0 Å². The van der Waals surface area contributed by atoms with Gasteiger partial charge in [-0.3, -0.25) is 4.79 Å². The number of hydrogen-bond donors (Lipinski definition) is 2. The molecule has 0 atom stereocenters. The van der Waals surface area contributed by atoms with E-state index < -0.39 is 0 Å². The number of aromatic nitrogens is 1. The van der Waals surface area contributed by atoms with Crippen LogP contribution in [0.2, 0.25) is 5.02 Å². The van der Waals surface area contributed by atoms with Crippen molar-refractivity contribution in [2.24, 2.45) is 0 Å². The number of ether oxygens (including phenoxy) is 2. The van der Waals surface area contributed by atoms with Crippen molar-refractivity contribution in [3.8, 4) is 11.5 Å². The van der Waals surface area contributed by atoms with Gasteiger partial charge in [-0.1, -0.05) is 29.8 Å². The molecule has 7 heteroatoms. The summed E-state index contributed by atoms with van der Waals surface area (Å²) in [5, 5.41) is 6.70. The average molecular weight is 398 g/mol. The third kappa shape index (κ3) is 4.72. The van der Waals surface area contributed by atoms with Crippen molar-refractivity contribution in [1.29, 1.82) is 0 Å². The molecule has 0 saturated carbocycles. The molecule has 28 heavy (non-hydrogen) atoms. The van der Waals surface area contributed by atoms with Gasteiger partial charge in [-0.05, 0) is 35.9 Å². The van der Waals surface area contributed by atoms with Gasteiger partial charge in [0.05, 0.1) is 19.9 Å². The maximum absolute atomic E-state index is 12.7. The maximum Gasteiger partial charge on any atom is 0.255 e. The lowest BCUT2D eigenvalue weighted by Crippen LogP contribution is -2.13. The number of pyridine rings is 1. The second-order valence-corrected chi connectivity index (χ2v) is 6.30. The third-order valence-corrected chi connectivity index (χ3v) is 4.46. The van der Waals surface area contributed by atoms with Crippen molar-refractivity contribution in [1.82, 2.24) is 4.98 Å². The molecule has 2 N–H and O–H groups in total. The van der Waals surface area contributed by atoms with Crippen molar-refractivity contribution < 1.29 is 14.3 Å². The minimum atomic E-state index is -0.283. The molecule has 0 saturated heterocycles. The van der Waals surface area contributed by atoms with E-state index in [1.54, 1.807) is 50.7 Å². The fraction of sp³-hybridized carbons (Fsp3) is 0.143. The first-order valence-electron chi connectivity index (χ1n) is 8.57. The molecule has 3 aromatic rings. The van der Waals surface area contributed by atoms with Crippen molar-refractivity contribution in [2.75, 3.05) is 24.9 Å². The van der Waals surface area contributed by atoms with Gasteiger partial charge in [-0.15, -0.1) is 0 Å². The van der Waals surface area contributed by atoms with Crippen LogP contribution in [0.3, 0.4) is 0 Å². The molecule has 0 unspecified atom stereocenters. The first kappa shape index (κ1) is 19.5. The highest BCUT2D eigenvalue weighted by Crippen LogP contribution is 2.29. The monoisotopic (exact) mass is 397 g/mol. The maximum atomic E-state index is 12.7. The normalized spacial score (nSPS) is 10.2. The minimum Gasteiger partial charge on any atom is -0.497 e. The molecule has 0 spiro atoms. The molecule has 6 nitrogen and oxygen atoms in total. The quantitative estimate of drug-likeness (QED) is 0.608. The summed E-state index contributed by atoms with van der Waals surface area (Å²) in [5.41, 5.74) is 1.93. The summed E-state index contributed by atoms with van der Waals surface area (Å²) in [6.07, 6.45) is 1.58. The zero-order valence-electron chi connectivity index (χ0n) is 15.5. The fourth-order valence-electron chi connectivity index (χ4n) is 2.60. The summed E-state index contributed by atoms with van der Waals surface area (Å²) in [5.74, 6) is 1.45. The Morgan fingerprint density at radius 3 is 2.64 bits per heavy atom. The number of nitrogens with one attached hydrogen (secondary N) is 2. The third-order valence-electron chi connectivity index (χ3n) is 4.09. The predicted octanol–water partition coefficient (Wildman–Crippen LogP) is 4.62. The highest BCUT2D eigenvalue weighted by molar-refractivity contribution is 6.31. The van der Waals surface area contributed by atoms with Gasteiger partial charge < -0.3 is 20.1 Å². The molecular formula is C21H20ClN3O3. The standard InChI is InChI=1S/C21H20ClN3O3/c1-27-16-7-8-19(28-2)18(12-16)25-21(26)14-9-10-23-20(11-14)24-13-15-5-3-4-6-17(15)22/h3-12H,13H2,1-2H3,(H,23,24)(H,25,26). The van der Waals surface area contributed by atoms with E-state index in [1.165, 1.54) is 0 Å². The van der Waals surface area contributed by atoms with Gasteiger partial charge in [-0.25, -0.2) is 4.98 Å². The van der Waals surface area contributed by atoms with Gasteiger partial charge >= 0.3 is 0 Å². The Balaban J connectivity index is 1.73. The first-order valence-corrected chi connectivity index (χ1v) is 8.95. The Morgan fingerprint density at radius 1 is 1.07 bits per heavy atom. The summed E-state index contributed by atoms with van der Waals surface area (Å²) in [6.45, 7) is 0.501. The highest BCUT2D eigenvalue weighted by Gasteiger charge is 2.12. The lowest BCUT2D eigenvalue weighted by molar-refractivity contribution is 0.102. The summed E-state index contributed by atoms with van der Waals surface area (Å²) in [6, 6.07) is 16.1. The Morgan fingerprint density at radius 2 is 1.89 bits per heavy atom. The van der Waals surface area contributed by atoms with E-state index in [4.69, 9.17) is 21.1 Å². The Labute approximate surface area is 168 Å². The zero-order valence-corrected chi connectivity index (χ0v) is 16.3. The van der Waals surface area contributed by atoms with Crippen LogP contribution < -0.4 is 20.1 Å². The number of halogens is 1. The smallest absolute Gasteiger partial charge is 0.255 e. The molecule has 1 amide bonds. The second-order valence-electron chi connectivity index (χ2n) is 5.90. The molecule has 144 valence electrons. The van der Waals surface area contributed by atoms with Crippen LogP contribution in [0.1, 0.15) is 15.9 Å². The van der Waals surface area contributed by atoms with Crippen LogP contribution in [0.4, 0.5) is 11.5 Å². The van der Waals surface area contributed by atoms with E-state index in [1.807, 2.05) is 24.3 Å². The van der Waals surface area contributed by atoms with Crippen LogP contribution in [0.5, 0.6) is 11.5 Å². The zero-order chi connectivity index (χ0) is 19.9. The largest absolute Gasteiger partial charge is 0.497 e. The minimum absolute atomic E-state index is 0.283. The van der Waals surface area contributed by atoms with E-state index >= 15 is 0 Å². The van der Waals surface area contributed by atoms with Gasteiger partial charge in [0.1, 0.15) is 17.3 Å². The molecule has 0 aliphatic rings. The summed E-state index contributed by atoms with van der Waals surface area (Å²) in [7, 11) is 3.11. The van der Waals surface area contributed by atoms with Crippen molar-refractivity contribution >= 4 is 29.0 Å². The summed E-state index contributed by atoms with van der Waals surface area (Å²) < 4.78 is 10.5. The number of amides is 1. The number of benzene rings is 2. The van der Waals surface area contributed by atoms with Crippen LogP contribution in [0.15, 0.2) is 60.8 Å². The number of anilines is 2. The number of carbonyl (C=O) groups is 1. The van der Waals surface area contributed by atoms with E-state index in [0.717, 1.165) is 5.56 Å². The summed E-state index contributed by atoms with van der Waals surface area (Å²) in [4.78, 5) is 16.9. The molecule has 0 aliphatic carbocycles. The van der Waals surface area contributed by atoms with E-state index in [0.29, 0.717) is 40.1 Å². The van der Waals surface area contributed by atoms with Gasteiger partial charge in [0.15, 0.2) is 0 Å². The number of hydrogen-bond acceptors (Lipinski definition) is 5. The molecule has 0 radical (unpaired) electrons. The topological polar surface area (TPSA) is 72.5 Å². The Bertz CT molecular complexity index is 979. The van der Waals surface area contributed by atoms with Crippen LogP contribution in [0.25, 0.3) is 0 Å². The first-order chi connectivity index (χ1) is 13.6. The fourth-order valence-corrected chi connectivity index (χ4v) is 2.80. The number of nitrogens with zero attached hydrogens (tertiary/aromatic N) is 1. The summed E-state index contributed by atoms with van der Waals surface area (Å²) >= 11 is 6.17. The number of carbonyl (C=O) groups excluding carboxylic acids is 1. The van der Waals surface area contributed by atoms with Gasteiger partial charge in [0.2, 0.25) is 0 Å². The highest BCUT2D eigenvalue weighted by atomic mass is 35.5. The Hall–Kier alpha value is -3.25. The van der Waals surface area contributed by atoms with Crippen LogP contribution in [0, 0.1) is 0 Å². The molecule has 3 rings (SSSR count). The van der Waals surface area contributed by atoms with E-state index in [-0.39, 0.29) is 5.91 Å². The van der Waals surface area contributed by atoms with Crippen LogP contribution in [-0.4, -0.2) is 25.1 Å². The van der Waals surface area contributed by atoms with Crippen LogP contribution in [-0.2, 0) is 6.54 Å². The van der Waals surface area contributed by atoms with Gasteiger partial charge in [0, 0.05) is 29.4 Å². The second kappa shape index (κ2) is 9.10. The predicted molar refractivity (Wildman–Crippen MR) is 111 cm³/mol. The Kier molecular flexibility index (Phi) is 6.34. The molecule has 0 bridgehead atoms. The molecular weight excluding hydrogens is 378 g/mol. The van der Waals surface area contributed by atoms with Gasteiger partial charge in [-0.2, -0.15) is 0 Å². The molecule has 0 aliphatic heterocycles. The molecule has 1 aromatic heterocycles. The number of methoxy groups -OCH3 is 2. The average Bonchev–Trinajstić information content (AvgIpc) is 2.73. The lowest BCUT2D eigenvalue weighted by Gasteiger charge is -2.12. The van der Waals surface area contributed by atoms with E-state index in [9.17, 15) is 4.79 Å². The molecule has 1 heterocycles. The van der Waals surface area contributed by atoms with Crippen LogP contribution >= 0.6 is 11.6 Å². The van der Waals surface area contributed by atoms with Crippen molar-refractivity contribution in [3.05, 3.63) is 76.9 Å². The lowest BCUT2D eigenvalue weighted by atomic mass is 10.2. The SMILES string of the molecule is COc1ccc(OC)c(NC(=O)c2ccnc(NCc3ccccc3Cl)c2)c1. The van der Waals surface area contributed by atoms with Crippen molar-refractivity contribution in [2.45, 2.75) is 6.54 Å². The van der Waals surface area contributed by atoms with Gasteiger partial charge in [0.25, 0.3) is 5.91 Å².